The van der Waals surface area contributed by atoms with Crippen LogP contribution in [-0.2, 0) is 16.6 Å². The topological polar surface area (TPSA) is 56.1 Å². The number of nitrogens with zero attached hydrogens (tertiary/aromatic N) is 2. The molecule has 0 radical (unpaired) electrons. The average Bonchev–Trinajstić information content (AvgIpc) is 2.78. The van der Waals surface area contributed by atoms with E-state index in [4.69, 9.17) is 4.74 Å². The predicted molar refractivity (Wildman–Crippen MR) is 77.5 cm³/mol. The summed E-state index contributed by atoms with van der Waals surface area (Å²) >= 11 is 0. The molecule has 0 fully saturated rings. The van der Waals surface area contributed by atoms with Crippen LogP contribution in [0.2, 0.25) is 0 Å². The first-order valence-electron chi connectivity index (χ1n) is 6.42. The zero-order valence-electron chi connectivity index (χ0n) is 12.2. The third-order valence-electron chi connectivity index (χ3n) is 3.38. The minimum atomic E-state index is -0.559. The molecule has 0 spiro atoms. The molecular formula is C15H19N3O2. The Morgan fingerprint density at radius 1 is 1.30 bits per heavy atom. The van der Waals surface area contributed by atoms with Crippen LogP contribution >= 0.6 is 0 Å². The molecule has 0 aliphatic rings. The van der Waals surface area contributed by atoms with Crippen LogP contribution in [0.15, 0.2) is 30.5 Å². The van der Waals surface area contributed by atoms with Crippen LogP contribution in [-0.4, -0.2) is 22.9 Å². The maximum atomic E-state index is 12.0. The average molecular weight is 273 g/mol. The van der Waals surface area contributed by atoms with Gasteiger partial charge in [0, 0.05) is 24.0 Å². The van der Waals surface area contributed by atoms with Gasteiger partial charge in [0.15, 0.2) is 6.04 Å². The molecule has 2 aromatic rings. The van der Waals surface area contributed by atoms with Crippen molar-refractivity contribution in [1.29, 1.82) is 0 Å². The van der Waals surface area contributed by atoms with Gasteiger partial charge in [-0.3, -0.25) is 4.68 Å². The van der Waals surface area contributed by atoms with Gasteiger partial charge in [-0.1, -0.05) is 17.7 Å². The Bertz CT molecular complexity index is 602. The summed E-state index contributed by atoms with van der Waals surface area (Å²) in [6.45, 7) is 3.95. The van der Waals surface area contributed by atoms with Crippen molar-refractivity contribution < 1.29 is 9.53 Å². The van der Waals surface area contributed by atoms with Crippen LogP contribution in [0.25, 0.3) is 0 Å². The van der Waals surface area contributed by atoms with Crippen molar-refractivity contribution in [3.05, 3.63) is 47.3 Å². The summed E-state index contributed by atoms with van der Waals surface area (Å²) in [5, 5.41) is 7.38. The summed E-state index contributed by atoms with van der Waals surface area (Å²) in [6.07, 6.45) is 1.69. The molecule has 20 heavy (non-hydrogen) atoms. The van der Waals surface area contributed by atoms with E-state index in [1.54, 1.807) is 10.9 Å². The lowest BCUT2D eigenvalue weighted by atomic mass is 10.1. The second-order valence-corrected chi connectivity index (χ2v) is 4.78. The number of benzene rings is 1. The summed E-state index contributed by atoms with van der Waals surface area (Å²) < 4.78 is 6.63. The standard InChI is InChI=1S/C15H19N3O2/c1-10-5-7-12(8-6-10)17-14(15(19)20-4)13-9-16-18(3)11(13)2/h5-9,14,17H,1-4H3. The van der Waals surface area contributed by atoms with E-state index in [0.717, 1.165) is 16.9 Å². The molecule has 0 saturated carbocycles. The van der Waals surface area contributed by atoms with E-state index in [0.29, 0.717) is 0 Å². The normalized spacial score (nSPS) is 12.0. The number of carbonyl (C=O) groups is 1. The first kappa shape index (κ1) is 14.1. The zero-order chi connectivity index (χ0) is 14.7. The number of rotatable bonds is 4. The van der Waals surface area contributed by atoms with Gasteiger partial charge in [0.2, 0.25) is 0 Å². The smallest absolute Gasteiger partial charge is 0.333 e. The van der Waals surface area contributed by atoms with E-state index in [1.165, 1.54) is 12.7 Å². The molecule has 1 aromatic carbocycles. The van der Waals surface area contributed by atoms with Crippen LogP contribution in [0.5, 0.6) is 0 Å². The molecule has 1 N–H and O–H groups in total. The molecule has 0 bridgehead atoms. The minimum Gasteiger partial charge on any atom is -0.467 e. The van der Waals surface area contributed by atoms with E-state index in [9.17, 15) is 4.79 Å². The number of hydrogen-bond donors (Lipinski definition) is 1. The fraction of sp³-hybridized carbons (Fsp3) is 0.333. The van der Waals surface area contributed by atoms with Gasteiger partial charge < -0.3 is 10.1 Å². The molecule has 106 valence electrons. The van der Waals surface area contributed by atoms with Crippen molar-refractivity contribution in [2.75, 3.05) is 12.4 Å². The molecule has 5 heteroatoms. The van der Waals surface area contributed by atoms with E-state index in [1.807, 2.05) is 45.2 Å². The van der Waals surface area contributed by atoms with Crippen LogP contribution in [0.4, 0.5) is 5.69 Å². The van der Waals surface area contributed by atoms with Crippen molar-refractivity contribution in [1.82, 2.24) is 9.78 Å². The number of methoxy groups -OCH3 is 1. The van der Waals surface area contributed by atoms with Crippen molar-refractivity contribution in [2.24, 2.45) is 7.05 Å². The Labute approximate surface area is 118 Å². The zero-order valence-corrected chi connectivity index (χ0v) is 12.2. The van der Waals surface area contributed by atoms with Gasteiger partial charge in [0.05, 0.1) is 13.3 Å². The van der Waals surface area contributed by atoms with Gasteiger partial charge in [-0.2, -0.15) is 5.10 Å². The summed E-state index contributed by atoms with van der Waals surface area (Å²) in [6, 6.07) is 7.31. The highest BCUT2D eigenvalue weighted by molar-refractivity contribution is 5.81. The third kappa shape index (κ3) is 2.82. The number of aromatic nitrogens is 2. The second-order valence-electron chi connectivity index (χ2n) is 4.78. The first-order chi connectivity index (χ1) is 9.52. The maximum Gasteiger partial charge on any atom is 0.333 e. The molecule has 2 rings (SSSR count). The Morgan fingerprint density at radius 2 is 1.95 bits per heavy atom. The molecule has 1 heterocycles. The summed E-state index contributed by atoms with van der Waals surface area (Å²) in [5.41, 5.74) is 3.79. The quantitative estimate of drug-likeness (QED) is 0.869. The fourth-order valence-corrected chi connectivity index (χ4v) is 2.00. The number of carbonyl (C=O) groups excluding carboxylic acids is 1. The van der Waals surface area contributed by atoms with Gasteiger partial charge in [0.1, 0.15) is 0 Å². The van der Waals surface area contributed by atoms with Crippen LogP contribution in [0.3, 0.4) is 0 Å². The van der Waals surface area contributed by atoms with Crippen LogP contribution in [0, 0.1) is 13.8 Å². The van der Waals surface area contributed by atoms with E-state index < -0.39 is 6.04 Å². The molecule has 1 atom stereocenters. The van der Waals surface area contributed by atoms with Gasteiger partial charge in [-0.25, -0.2) is 4.79 Å². The molecule has 5 nitrogen and oxygen atoms in total. The molecule has 0 aliphatic carbocycles. The predicted octanol–water partition coefficient (Wildman–Crippen LogP) is 2.36. The molecule has 0 aliphatic heterocycles. The summed E-state index contributed by atoms with van der Waals surface area (Å²) in [7, 11) is 3.23. The molecular weight excluding hydrogens is 254 g/mol. The SMILES string of the molecule is COC(=O)C(Nc1ccc(C)cc1)c1cnn(C)c1C. The maximum absolute atomic E-state index is 12.0. The van der Waals surface area contributed by atoms with Gasteiger partial charge >= 0.3 is 5.97 Å². The monoisotopic (exact) mass is 273 g/mol. The Hall–Kier alpha value is -2.30. The highest BCUT2D eigenvalue weighted by Crippen LogP contribution is 2.23. The number of hydrogen-bond acceptors (Lipinski definition) is 4. The van der Waals surface area contributed by atoms with E-state index in [-0.39, 0.29) is 5.97 Å². The Balaban J connectivity index is 2.31. The molecule has 0 amide bonds. The first-order valence-corrected chi connectivity index (χ1v) is 6.42. The third-order valence-corrected chi connectivity index (χ3v) is 3.38. The van der Waals surface area contributed by atoms with Gasteiger partial charge in [-0.15, -0.1) is 0 Å². The summed E-state index contributed by atoms with van der Waals surface area (Å²) in [5.74, 6) is -0.332. The number of ether oxygens (including phenoxy) is 1. The number of aryl methyl sites for hydroxylation is 2. The number of nitrogens with one attached hydrogen (secondary N) is 1. The number of anilines is 1. The van der Waals surface area contributed by atoms with E-state index in [2.05, 4.69) is 10.4 Å². The molecule has 1 aromatic heterocycles. The lowest BCUT2D eigenvalue weighted by Crippen LogP contribution is -2.22. The Kier molecular flexibility index (Phi) is 4.08. The molecule has 1 unspecified atom stereocenters. The highest BCUT2D eigenvalue weighted by atomic mass is 16.5. The van der Waals surface area contributed by atoms with Crippen molar-refractivity contribution in [3.63, 3.8) is 0 Å². The van der Waals surface area contributed by atoms with Crippen LogP contribution in [0.1, 0.15) is 22.9 Å². The lowest BCUT2D eigenvalue weighted by Gasteiger charge is -2.17. The van der Waals surface area contributed by atoms with Crippen molar-refractivity contribution in [2.45, 2.75) is 19.9 Å². The largest absolute Gasteiger partial charge is 0.467 e. The fourth-order valence-electron chi connectivity index (χ4n) is 2.00. The highest BCUT2D eigenvalue weighted by Gasteiger charge is 2.25. The van der Waals surface area contributed by atoms with Gasteiger partial charge in [0.25, 0.3) is 0 Å². The number of esters is 1. The lowest BCUT2D eigenvalue weighted by molar-refractivity contribution is -0.141. The Morgan fingerprint density at radius 3 is 2.45 bits per heavy atom. The second kappa shape index (κ2) is 5.77. The summed E-state index contributed by atoms with van der Waals surface area (Å²) in [4.78, 5) is 12.0. The molecule has 0 saturated heterocycles. The van der Waals surface area contributed by atoms with Crippen molar-refractivity contribution in [3.8, 4) is 0 Å². The van der Waals surface area contributed by atoms with Gasteiger partial charge in [-0.05, 0) is 26.0 Å². The van der Waals surface area contributed by atoms with Crippen molar-refractivity contribution >= 4 is 11.7 Å². The van der Waals surface area contributed by atoms with Crippen LogP contribution < -0.4 is 5.32 Å². The minimum absolute atomic E-state index is 0.332. The van der Waals surface area contributed by atoms with E-state index >= 15 is 0 Å².